The van der Waals surface area contributed by atoms with Crippen molar-refractivity contribution in [2.24, 2.45) is 0 Å². The molecule has 0 unspecified atom stereocenters. The van der Waals surface area contributed by atoms with Gasteiger partial charge in [0.15, 0.2) is 0 Å². The Morgan fingerprint density at radius 1 is 0.522 bits per heavy atom. The van der Waals surface area contributed by atoms with E-state index in [1.807, 2.05) is 23.6 Å². The number of nitrogens with zero attached hydrogens (tertiary/aromatic N) is 4. The number of fused-ring (bicyclic) bond motifs is 10. The van der Waals surface area contributed by atoms with E-state index in [-0.39, 0.29) is 0 Å². The molecule has 10 rings (SSSR count). The van der Waals surface area contributed by atoms with Crippen molar-refractivity contribution in [3.63, 3.8) is 0 Å². The lowest BCUT2D eigenvalue weighted by Crippen LogP contribution is -1.93. The Balaban J connectivity index is 1.20. The summed E-state index contributed by atoms with van der Waals surface area (Å²) in [7, 11) is 0. The third-order valence-electron chi connectivity index (χ3n) is 9.03. The van der Waals surface area contributed by atoms with Gasteiger partial charge >= 0.3 is 0 Å². The van der Waals surface area contributed by atoms with Crippen molar-refractivity contribution >= 4 is 75.3 Å². The minimum absolute atomic E-state index is 0.929. The van der Waals surface area contributed by atoms with Gasteiger partial charge in [0.25, 0.3) is 0 Å². The molecule has 46 heavy (non-hydrogen) atoms. The molecule has 10 aromatic rings. The highest BCUT2D eigenvalue weighted by Gasteiger charge is 2.22. The molecule has 0 fully saturated rings. The van der Waals surface area contributed by atoms with Gasteiger partial charge in [-0.05, 0) is 36.4 Å². The van der Waals surface area contributed by atoms with Crippen LogP contribution in [0.25, 0.3) is 92.1 Å². The summed E-state index contributed by atoms with van der Waals surface area (Å²) in [5, 5.41) is 7.18. The van der Waals surface area contributed by atoms with Crippen LogP contribution in [-0.4, -0.2) is 19.5 Å². The number of aromatic nitrogens is 4. The van der Waals surface area contributed by atoms with E-state index in [1.165, 1.54) is 36.6 Å². The third-order valence-corrected chi connectivity index (χ3v) is 10.2. The summed E-state index contributed by atoms with van der Waals surface area (Å²) in [5.74, 6) is 0. The van der Waals surface area contributed by atoms with E-state index in [2.05, 4.69) is 143 Å². The maximum absolute atomic E-state index is 5.21. The second-order valence-electron chi connectivity index (χ2n) is 11.6. The Kier molecular flexibility index (Phi) is 5.41. The van der Waals surface area contributed by atoms with Crippen LogP contribution in [0.15, 0.2) is 146 Å². The van der Waals surface area contributed by atoms with Gasteiger partial charge in [-0.25, -0.2) is 9.97 Å². The quantitative estimate of drug-likeness (QED) is 0.188. The van der Waals surface area contributed by atoms with E-state index in [1.54, 1.807) is 0 Å². The van der Waals surface area contributed by atoms with Crippen molar-refractivity contribution in [2.45, 2.75) is 0 Å². The molecular weight excluding hydrogens is 581 g/mol. The lowest BCUT2D eigenvalue weighted by atomic mass is 10.0. The highest BCUT2D eigenvalue weighted by atomic mass is 32.1. The van der Waals surface area contributed by atoms with E-state index in [0.717, 1.165) is 55.5 Å². The number of hydrogen-bond acceptors (Lipinski definition) is 4. The zero-order chi connectivity index (χ0) is 30.2. The molecule has 5 aromatic heterocycles. The van der Waals surface area contributed by atoms with Crippen LogP contribution < -0.4 is 0 Å². The van der Waals surface area contributed by atoms with Gasteiger partial charge in [0.05, 0.1) is 38.2 Å². The standard InChI is InChI=1S/C41H24N4S/c1-2-9-26(10-3-1)39-40-35(30-12-4-6-14-33(30)44-39)36-31-13-5-7-15-34(31)45(41(36)46-40)29-21-18-25(19-22-29)32-23-20-28-17-16-27-11-8-24-42-37(27)38(28)43-32/h1-24H. The first-order valence-electron chi connectivity index (χ1n) is 15.4. The first-order valence-corrected chi connectivity index (χ1v) is 16.2. The van der Waals surface area contributed by atoms with Crippen molar-refractivity contribution in [1.29, 1.82) is 0 Å². The maximum Gasteiger partial charge on any atom is 0.109 e. The summed E-state index contributed by atoms with van der Waals surface area (Å²) in [6, 6.07) is 49.2. The Morgan fingerprint density at radius 2 is 1.26 bits per heavy atom. The third kappa shape index (κ3) is 3.69. The average molecular weight is 605 g/mol. The van der Waals surface area contributed by atoms with Crippen molar-refractivity contribution in [3.8, 4) is 28.2 Å². The molecule has 0 aliphatic heterocycles. The molecule has 0 atom stereocenters. The smallest absolute Gasteiger partial charge is 0.109 e. The van der Waals surface area contributed by atoms with Gasteiger partial charge in [-0.1, -0.05) is 103 Å². The van der Waals surface area contributed by atoms with Gasteiger partial charge in [0, 0.05) is 55.3 Å². The van der Waals surface area contributed by atoms with Crippen LogP contribution in [0.4, 0.5) is 0 Å². The fraction of sp³-hybridized carbons (Fsp3) is 0. The molecule has 0 aliphatic carbocycles. The van der Waals surface area contributed by atoms with Crippen molar-refractivity contribution in [3.05, 3.63) is 146 Å². The largest absolute Gasteiger partial charge is 0.301 e. The molecule has 0 bridgehead atoms. The Hall–Kier alpha value is -5.91. The summed E-state index contributed by atoms with van der Waals surface area (Å²) in [6.45, 7) is 0. The molecule has 0 amide bonds. The van der Waals surface area contributed by atoms with E-state index >= 15 is 0 Å². The number of thiophene rings is 1. The van der Waals surface area contributed by atoms with Gasteiger partial charge in [-0.3, -0.25) is 4.98 Å². The lowest BCUT2D eigenvalue weighted by molar-refractivity contribution is 1.19. The number of para-hydroxylation sites is 2. The Bertz CT molecular complexity index is 2790. The minimum Gasteiger partial charge on any atom is -0.301 e. The van der Waals surface area contributed by atoms with Crippen LogP contribution in [-0.2, 0) is 0 Å². The maximum atomic E-state index is 5.21. The van der Waals surface area contributed by atoms with Crippen LogP contribution in [0.2, 0.25) is 0 Å². The summed E-state index contributed by atoms with van der Waals surface area (Å²) in [6.07, 6.45) is 1.84. The molecular formula is C41H24N4S. The van der Waals surface area contributed by atoms with Gasteiger partial charge < -0.3 is 4.57 Å². The fourth-order valence-corrected chi connectivity index (χ4v) is 8.28. The Labute approximate surface area is 267 Å². The predicted molar refractivity (Wildman–Crippen MR) is 193 cm³/mol. The molecule has 214 valence electrons. The fourth-order valence-electron chi connectivity index (χ4n) is 6.91. The van der Waals surface area contributed by atoms with E-state index < -0.39 is 0 Å². The van der Waals surface area contributed by atoms with Crippen LogP contribution in [0.1, 0.15) is 0 Å². The Morgan fingerprint density at radius 3 is 2.13 bits per heavy atom. The monoisotopic (exact) mass is 604 g/mol. The molecule has 5 aromatic carbocycles. The highest BCUT2D eigenvalue weighted by molar-refractivity contribution is 7.26. The summed E-state index contributed by atoms with van der Waals surface area (Å²) in [5.41, 5.74) is 9.37. The summed E-state index contributed by atoms with van der Waals surface area (Å²) < 4.78 is 3.63. The van der Waals surface area contributed by atoms with Gasteiger partial charge in [-0.2, -0.15) is 0 Å². The van der Waals surface area contributed by atoms with Crippen molar-refractivity contribution in [2.75, 3.05) is 0 Å². The first-order chi connectivity index (χ1) is 22.8. The number of rotatable bonds is 3. The number of benzene rings is 5. The van der Waals surface area contributed by atoms with Crippen LogP contribution in [0, 0.1) is 0 Å². The summed E-state index contributed by atoms with van der Waals surface area (Å²) in [4.78, 5) is 16.2. The lowest BCUT2D eigenvalue weighted by Gasteiger charge is -2.10. The zero-order valence-corrected chi connectivity index (χ0v) is 25.4. The number of pyridine rings is 3. The topological polar surface area (TPSA) is 43.6 Å². The summed E-state index contributed by atoms with van der Waals surface area (Å²) >= 11 is 1.83. The van der Waals surface area contributed by atoms with E-state index in [0.29, 0.717) is 0 Å². The van der Waals surface area contributed by atoms with Crippen LogP contribution in [0.5, 0.6) is 0 Å². The average Bonchev–Trinajstić information content (AvgIpc) is 3.67. The van der Waals surface area contributed by atoms with Crippen LogP contribution >= 0.6 is 11.3 Å². The van der Waals surface area contributed by atoms with E-state index in [9.17, 15) is 0 Å². The van der Waals surface area contributed by atoms with Crippen LogP contribution in [0.3, 0.4) is 0 Å². The second-order valence-corrected chi connectivity index (χ2v) is 12.6. The van der Waals surface area contributed by atoms with Gasteiger partial charge in [0.1, 0.15) is 4.83 Å². The molecule has 4 nitrogen and oxygen atoms in total. The second kappa shape index (κ2) is 9.80. The van der Waals surface area contributed by atoms with Crippen molar-refractivity contribution in [1.82, 2.24) is 19.5 Å². The van der Waals surface area contributed by atoms with Crippen molar-refractivity contribution < 1.29 is 0 Å². The highest BCUT2D eigenvalue weighted by Crippen LogP contribution is 2.47. The van der Waals surface area contributed by atoms with E-state index in [4.69, 9.17) is 9.97 Å². The predicted octanol–water partition coefficient (Wildman–Crippen LogP) is 11.0. The molecule has 5 heteroatoms. The van der Waals surface area contributed by atoms with Gasteiger partial charge in [0.2, 0.25) is 0 Å². The molecule has 0 saturated carbocycles. The first kappa shape index (κ1) is 25.4. The number of hydrogen-bond donors (Lipinski definition) is 0. The molecule has 0 saturated heterocycles. The van der Waals surface area contributed by atoms with Gasteiger partial charge in [-0.15, -0.1) is 11.3 Å². The molecule has 0 spiro atoms. The molecule has 0 aliphatic rings. The SMILES string of the molecule is c1ccc(-c2nc3ccccc3c3c2sc2c3c3ccccc3n2-c2ccc(-c3ccc4ccc5cccnc5c4n3)cc2)cc1. The molecule has 0 radical (unpaired) electrons. The normalized spacial score (nSPS) is 11.9. The zero-order valence-electron chi connectivity index (χ0n) is 24.6. The minimum atomic E-state index is 0.929. The molecule has 0 N–H and O–H groups in total. The molecule has 5 heterocycles.